The molecule has 0 bridgehead atoms. The topological polar surface area (TPSA) is 56.5 Å². The van der Waals surface area contributed by atoms with Gasteiger partial charge in [-0.05, 0) is 30.3 Å². The maximum Gasteiger partial charge on any atom is 0.177 e. The summed E-state index contributed by atoms with van der Waals surface area (Å²) in [4.78, 5) is 12.9. The van der Waals surface area contributed by atoms with Crippen LogP contribution in [0.1, 0.15) is 5.56 Å². The number of nitrogens with zero attached hydrogens (tertiary/aromatic N) is 5. The summed E-state index contributed by atoms with van der Waals surface area (Å²) in [7, 11) is 0. The van der Waals surface area contributed by atoms with Crippen molar-refractivity contribution in [3.63, 3.8) is 0 Å². The molecule has 0 saturated heterocycles. The average molecular weight is 331 g/mol. The predicted octanol–water partition coefficient (Wildman–Crippen LogP) is 3.59. The van der Waals surface area contributed by atoms with Crippen molar-refractivity contribution in [1.29, 1.82) is 0 Å². The van der Waals surface area contributed by atoms with Crippen LogP contribution in [0.25, 0.3) is 22.9 Å². The van der Waals surface area contributed by atoms with Crippen molar-refractivity contribution >= 4 is 0 Å². The molecule has 0 unspecified atom stereocenters. The van der Waals surface area contributed by atoms with Gasteiger partial charge in [0.2, 0.25) is 0 Å². The van der Waals surface area contributed by atoms with Crippen LogP contribution in [0.15, 0.2) is 73.2 Å². The highest BCUT2D eigenvalue weighted by atomic mass is 19.1. The minimum absolute atomic E-state index is 0.266. The number of hydrogen-bond donors (Lipinski definition) is 0. The molecule has 1 aromatic carbocycles. The third-order valence-corrected chi connectivity index (χ3v) is 3.78. The van der Waals surface area contributed by atoms with Gasteiger partial charge in [0.15, 0.2) is 5.82 Å². The summed E-state index contributed by atoms with van der Waals surface area (Å²) in [5.41, 5.74) is 2.70. The maximum absolute atomic E-state index is 14.1. The second kappa shape index (κ2) is 6.60. The molecule has 0 atom stereocenters. The van der Waals surface area contributed by atoms with E-state index >= 15 is 0 Å². The number of rotatable bonds is 4. The summed E-state index contributed by atoms with van der Waals surface area (Å²) in [6, 6.07) is 15.9. The Bertz CT molecular complexity index is 983. The van der Waals surface area contributed by atoms with Crippen LogP contribution >= 0.6 is 0 Å². The van der Waals surface area contributed by atoms with Crippen molar-refractivity contribution in [1.82, 2.24) is 24.7 Å². The first kappa shape index (κ1) is 15.1. The van der Waals surface area contributed by atoms with E-state index in [9.17, 15) is 4.39 Å². The molecule has 0 N–H and O–H groups in total. The molecule has 0 aliphatic rings. The van der Waals surface area contributed by atoms with Gasteiger partial charge < -0.3 is 0 Å². The summed E-state index contributed by atoms with van der Waals surface area (Å²) in [5, 5.41) is 4.60. The summed E-state index contributed by atoms with van der Waals surface area (Å²) in [6.07, 6.45) is 5.05. The van der Waals surface area contributed by atoms with E-state index < -0.39 is 0 Å². The van der Waals surface area contributed by atoms with Gasteiger partial charge in [0, 0.05) is 24.2 Å². The fourth-order valence-electron chi connectivity index (χ4n) is 2.58. The molecule has 6 heteroatoms. The normalized spacial score (nSPS) is 10.8. The van der Waals surface area contributed by atoms with Gasteiger partial charge in [-0.1, -0.05) is 24.3 Å². The zero-order valence-electron chi connectivity index (χ0n) is 13.2. The Kier molecular flexibility index (Phi) is 4.00. The van der Waals surface area contributed by atoms with Gasteiger partial charge in [0.25, 0.3) is 0 Å². The zero-order chi connectivity index (χ0) is 17.1. The van der Waals surface area contributed by atoms with E-state index in [4.69, 9.17) is 0 Å². The molecule has 0 aliphatic heterocycles. The highest BCUT2D eigenvalue weighted by Crippen LogP contribution is 2.23. The highest BCUT2D eigenvalue weighted by molar-refractivity contribution is 5.62. The van der Waals surface area contributed by atoms with E-state index in [0.29, 0.717) is 22.8 Å². The Labute approximate surface area is 143 Å². The van der Waals surface area contributed by atoms with Crippen molar-refractivity contribution in [3.8, 4) is 22.9 Å². The number of pyridine rings is 1. The van der Waals surface area contributed by atoms with E-state index in [-0.39, 0.29) is 12.4 Å². The lowest BCUT2D eigenvalue weighted by Crippen LogP contribution is -2.06. The average Bonchev–Trinajstić information content (AvgIpc) is 3.09. The fraction of sp³-hybridized carbons (Fsp3) is 0.0526. The van der Waals surface area contributed by atoms with Crippen molar-refractivity contribution in [2.45, 2.75) is 6.54 Å². The molecule has 4 rings (SSSR count). The molecule has 3 aromatic heterocycles. The van der Waals surface area contributed by atoms with E-state index in [0.717, 1.165) is 5.69 Å². The third-order valence-electron chi connectivity index (χ3n) is 3.78. The van der Waals surface area contributed by atoms with E-state index in [1.54, 1.807) is 47.5 Å². The minimum Gasteiger partial charge on any atom is -0.256 e. The number of aromatic nitrogens is 5. The first-order chi connectivity index (χ1) is 12.3. The molecule has 5 nitrogen and oxygen atoms in total. The summed E-state index contributed by atoms with van der Waals surface area (Å²) in [6.45, 7) is 0.285. The quantitative estimate of drug-likeness (QED) is 0.573. The Hall–Kier alpha value is -3.41. The number of benzene rings is 1. The number of hydrogen-bond acceptors (Lipinski definition) is 4. The first-order valence-electron chi connectivity index (χ1n) is 7.81. The summed E-state index contributed by atoms with van der Waals surface area (Å²) >= 11 is 0. The predicted molar refractivity (Wildman–Crippen MR) is 92.0 cm³/mol. The van der Waals surface area contributed by atoms with Crippen LogP contribution in [-0.2, 0) is 6.54 Å². The van der Waals surface area contributed by atoms with Gasteiger partial charge in [-0.3, -0.25) is 9.67 Å². The van der Waals surface area contributed by atoms with Gasteiger partial charge in [0.1, 0.15) is 17.2 Å². The minimum atomic E-state index is -0.266. The largest absolute Gasteiger partial charge is 0.256 e. The van der Waals surface area contributed by atoms with Gasteiger partial charge in [-0.25, -0.2) is 14.4 Å². The van der Waals surface area contributed by atoms with Gasteiger partial charge in [-0.2, -0.15) is 5.10 Å². The van der Waals surface area contributed by atoms with Crippen molar-refractivity contribution < 1.29 is 4.39 Å². The SMILES string of the molecule is Fc1ccccc1Cn1nc(-c2ccccn2)cc1-c1ncccn1. The van der Waals surface area contributed by atoms with Crippen LogP contribution in [0.5, 0.6) is 0 Å². The molecule has 0 saturated carbocycles. The monoisotopic (exact) mass is 331 g/mol. The van der Waals surface area contributed by atoms with Crippen LogP contribution in [-0.4, -0.2) is 24.7 Å². The second-order valence-corrected chi connectivity index (χ2v) is 5.45. The van der Waals surface area contributed by atoms with Crippen LogP contribution in [0, 0.1) is 5.82 Å². The van der Waals surface area contributed by atoms with Crippen molar-refractivity contribution in [2.75, 3.05) is 0 Å². The standard InChI is InChI=1S/C19H14FN5/c20-15-7-2-1-6-14(15)13-25-18(19-22-10-5-11-23-19)12-17(24-25)16-8-3-4-9-21-16/h1-12H,13H2. The molecular formula is C19H14FN5. The Morgan fingerprint density at radius 2 is 1.56 bits per heavy atom. The Morgan fingerprint density at radius 3 is 2.32 bits per heavy atom. The van der Waals surface area contributed by atoms with Crippen LogP contribution in [0.2, 0.25) is 0 Å². The van der Waals surface area contributed by atoms with E-state index in [2.05, 4.69) is 20.1 Å². The molecule has 0 spiro atoms. The number of halogens is 1. The molecule has 0 fully saturated rings. The zero-order valence-corrected chi connectivity index (χ0v) is 13.2. The Morgan fingerprint density at radius 1 is 0.800 bits per heavy atom. The van der Waals surface area contributed by atoms with Crippen LogP contribution in [0.4, 0.5) is 4.39 Å². The van der Waals surface area contributed by atoms with E-state index in [1.807, 2.05) is 24.3 Å². The molecule has 0 radical (unpaired) electrons. The molecule has 3 heterocycles. The third kappa shape index (κ3) is 3.14. The lowest BCUT2D eigenvalue weighted by molar-refractivity contribution is 0.587. The highest BCUT2D eigenvalue weighted by Gasteiger charge is 2.15. The van der Waals surface area contributed by atoms with Crippen LogP contribution in [0.3, 0.4) is 0 Å². The van der Waals surface area contributed by atoms with Crippen molar-refractivity contribution in [2.24, 2.45) is 0 Å². The molecule has 0 amide bonds. The van der Waals surface area contributed by atoms with Gasteiger partial charge >= 0.3 is 0 Å². The molecule has 25 heavy (non-hydrogen) atoms. The Balaban J connectivity index is 1.81. The van der Waals surface area contributed by atoms with Gasteiger partial charge in [0.05, 0.1) is 12.2 Å². The lowest BCUT2D eigenvalue weighted by atomic mass is 10.2. The van der Waals surface area contributed by atoms with Crippen LogP contribution < -0.4 is 0 Å². The van der Waals surface area contributed by atoms with E-state index in [1.165, 1.54) is 6.07 Å². The van der Waals surface area contributed by atoms with Crippen molar-refractivity contribution in [3.05, 3.63) is 84.6 Å². The van der Waals surface area contributed by atoms with Gasteiger partial charge in [-0.15, -0.1) is 0 Å². The molecule has 122 valence electrons. The maximum atomic E-state index is 14.1. The smallest absolute Gasteiger partial charge is 0.177 e. The molecule has 4 aromatic rings. The summed E-state index contributed by atoms with van der Waals surface area (Å²) < 4.78 is 15.8. The summed E-state index contributed by atoms with van der Waals surface area (Å²) in [5.74, 6) is 0.269. The lowest BCUT2D eigenvalue weighted by Gasteiger charge is -2.07. The molecular weight excluding hydrogens is 317 g/mol. The first-order valence-corrected chi connectivity index (χ1v) is 7.81. The fourth-order valence-corrected chi connectivity index (χ4v) is 2.58. The molecule has 0 aliphatic carbocycles. The second-order valence-electron chi connectivity index (χ2n) is 5.45.